The summed E-state index contributed by atoms with van der Waals surface area (Å²) in [6.45, 7) is 2.92. The van der Waals surface area contributed by atoms with Gasteiger partial charge in [-0.3, -0.25) is 4.90 Å². The fraction of sp³-hybridized carbons (Fsp3) is 0.929. The lowest BCUT2D eigenvalue weighted by atomic mass is 9.96. The van der Waals surface area contributed by atoms with Crippen LogP contribution in [-0.2, 0) is 0 Å². The van der Waals surface area contributed by atoms with E-state index >= 15 is 0 Å². The highest BCUT2D eigenvalue weighted by Gasteiger charge is 2.29. The lowest BCUT2D eigenvalue weighted by Gasteiger charge is -2.26. The quantitative estimate of drug-likeness (QED) is 0.788. The van der Waals surface area contributed by atoms with Gasteiger partial charge >= 0.3 is 6.03 Å². The molecule has 4 nitrogen and oxygen atoms in total. The summed E-state index contributed by atoms with van der Waals surface area (Å²) in [5.74, 6) is 0. The minimum Gasteiger partial charge on any atom is -0.337 e. The van der Waals surface area contributed by atoms with E-state index < -0.39 is 0 Å². The molecule has 0 aromatic carbocycles. The number of carbonyl (C=O) groups excluding carboxylic acids is 1. The van der Waals surface area contributed by atoms with Gasteiger partial charge in [-0.1, -0.05) is 19.3 Å². The molecule has 2 saturated carbocycles. The minimum absolute atomic E-state index is 0.0120. The summed E-state index contributed by atoms with van der Waals surface area (Å²) in [5.41, 5.74) is 0. The predicted molar refractivity (Wildman–Crippen MR) is 73.7 cm³/mol. The van der Waals surface area contributed by atoms with Gasteiger partial charge in [0.25, 0.3) is 0 Å². The topological polar surface area (TPSA) is 44.4 Å². The van der Waals surface area contributed by atoms with Crippen LogP contribution in [0.15, 0.2) is 0 Å². The first kappa shape index (κ1) is 13.7. The number of urea groups is 1. The normalized spacial score (nSPS) is 22.8. The van der Waals surface area contributed by atoms with Crippen LogP contribution in [0.1, 0.15) is 51.9 Å². The van der Waals surface area contributed by atoms with Crippen molar-refractivity contribution in [3.05, 3.63) is 0 Å². The second kappa shape index (κ2) is 6.41. The van der Waals surface area contributed by atoms with E-state index in [1.54, 1.807) is 0 Å². The lowest BCUT2D eigenvalue weighted by Crippen LogP contribution is -2.47. The van der Waals surface area contributed by atoms with E-state index in [1.807, 2.05) is 0 Å². The number of hydrogen-bond acceptors (Lipinski definition) is 2. The predicted octanol–water partition coefficient (Wildman–Crippen LogP) is 2.10. The van der Waals surface area contributed by atoms with Crippen LogP contribution in [0, 0.1) is 0 Å². The van der Waals surface area contributed by atoms with Crippen molar-refractivity contribution >= 4 is 6.03 Å². The fourth-order valence-corrected chi connectivity index (χ4v) is 2.71. The van der Waals surface area contributed by atoms with Crippen molar-refractivity contribution in [1.82, 2.24) is 15.5 Å². The third-order valence-electron chi connectivity index (χ3n) is 4.32. The maximum Gasteiger partial charge on any atom is 0.315 e. The zero-order valence-corrected chi connectivity index (χ0v) is 11.7. The molecule has 1 atom stereocenters. The Hall–Kier alpha value is -0.770. The first-order valence-electron chi connectivity index (χ1n) is 7.43. The Morgan fingerprint density at radius 2 is 1.89 bits per heavy atom. The first-order chi connectivity index (χ1) is 8.66. The van der Waals surface area contributed by atoms with Gasteiger partial charge in [0.1, 0.15) is 0 Å². The maximum atomic E-state index is 11.8. The largest absolute Gasteiger partial charge is 0.337 e. The average Bonchev–Trinajstić information content (AvgIpc) is 3.20. The summed E-state index contributed by atoms with van der Waals surface area (Å²) in [7, 11) is 2.16. The molecule has 2 amide bonds. The van der Waals surface area contributed by atoms with Crippen LogP contribution >= 0.6 is 0 Å². The molecular formula is C14H27N3O. The molecule has 2 aliphatic carbocycles. The van der Waals surface area contributed by atoms with E-state index in [-0.39, 0.29) is 6.03 Å². The van der Waals surface area contributed by atoms with Crippen LogP contribution in [0.4, 0.5) is 4.79 Å². The number of amides is 2. The molecular weight excluding hydrogens is 226 g/mol. The number of hydrogen-bond donors (Lipinski definition) is 2. The van der Waals surface area contributed by atoms with Crippen LogP contribution in [0.5, 0.6) is 0 Å². The molecule has 2 fully saturated rings. The molecule has 0 spiro atoms. The van der Waals surface area contributed by atoms with Crippen LogP contribution in [-0.4, -0.2) is 42.6 Å². The van der Waals surface area contributed by atoms with Crippen molar-refractivity contribution < 1.29 is 4.79 Å². The van der Waals surface area contributed by atoms with Crippen molar-refractivity contribution in [3.8, 4) is 0 Å². The SMILES string of the molecule is C[C@@H](CNC(=O)NC1CCCCC1)N(C)C1CC1. The molecule has 104 valence electrons. The number of nitrogens with zero attached hydrogens (tertiary/aromatic N) is 1. The summed E-state index contributed by atoms with van der Waals surface area (Å²) >= 11 is 0. The Bertz CT molecular complexity index is 272. The molecule has 0 aliphatic heterocycles. The highest BCUT2D eigenvalue weighted by Crippen LogP contribution is 2.26. The molecule has 0 heterocycles. The second-order valence-electron chi connectivity index (χ2n) is 5.93. The Kier molecular flexibility index (Phi) is 4.87. The Morgan fingerprint density at radius 1 is 1.22 bits per heavy atom. The molecule has 0 radical (unpaired) electrons. The summed E-state index contributed by atoms with van der Waals surface area (Å²) < 4.78 is 0. The number of likely N-dealkylation sites (N-methyl/N-ethyl adjacent to an activating group) is 1. The van der Waals surface area contributed by atoms with Crippen LogP contribution < -0.4 is 10.6 Å². The number of nitrogens with one attached hydrogen (secondary N) is 2. The molecule has 0 unspecified atom stereocenters. The Balaban J connectivity index is 1.61. The lowest BCUT2D eigenvalue weighted by molar-refractivity contribution is 0.217. The molecule has 2 rings (SSSR count). The van der Waals surface area contributed by atoms with E-state index in [9.17, 15) is 4.79 Å². The molecule has 18 heavy (non-hydrogen) atoms. The van der Waals surface area contributed by atoms with Gasteiger partial charge in [-0.25, -0.2) is 4.79 Å². The van der Waals surface area contributed by atoms with Gasteiger partial charge in [0.2, 0.25) is 0 Å². The fourth-order valence-electron chi connectivity index (χ4n) is 2.71. The molecule has 4 heteroatoms. The standard InChI is InChI=1S/C14H27N3O/c1-11(17(2)13-8-9-13)10-15-14(18)16-12-6-4-3-5-7-12/h11-13H,3-10H2,1-2H3,(H2,15,16,18)/t11-/m0/s1. The summed E-state index contributed by atoms with van der Waals surface area (Å²) in [5, 5.41) is 6.09. The molecule has 0 saturated heterocycles. The van der Waals surface area contributed by atoms with Crippen LogP contribution in [0.2, 0.25) is 0 Å². The Morgan fingerprint density at radius 3 is 2.50 bits per heavy atom. The highest BCUT2D eigenvalue weighted by atomic mass is 16.2. The minimum atomic E-state index is 0.0120. The van der Waals surface area contributed by atoms with Gasteiger partial charge in [-0.15, -0.1) is 0 Å². The third kappa shape index (κ3) is 4.16. The monoisotopic (exact) mass is 253 g/mol. The highest BCUT2D eigenvalue weighted by molar-refractivity contribution is 5.74. The van der Waals surface area contributed by atoms with Crippen molar-refractivity contribution in [3.63, 3.8) is 0 Å². The van der Waals surface area contributed by atoms with Gasteiger partial charge in [0.05, 0.1) is 0 Å². The van der Waals surface area contributed by atoms with Crippen molar-refractivity contribution in [2.24, 2.45) is 0 Å². The average molecular weight is 253 g/mol. The molecule has 2 aliphatic rings. The van der Waals surface area contributed by atoms with Gasteiger partial charge in [0.15, 0.2) is 0 Å². The Labute approximate surface area is 110 Å². The summed E-state index contributed by atoms with van der Waals surface area (Å²) in [4.78, 5) is 14.2. The van der Waals surface area contributed by atoms with Crippen molar-refractivity contribution in [2.45, 2.75) is 70.0 Å². The van der Waals surface area contributed by atoms with E-state index in [4.69, 9.17) is 0 Å². The van der Waals surface area contributed by atoms with Gasteiger partial charge in [0, 0.05) is 24.7 Å². The van der Waals surface area contributed by atoms with Gasteiger partial charge in [-0.2, -0.15) is 0 Å². The molecule has 0 aromatic rings. The second-order valence-corrected chi connectivity index (χ2v) is 5.93. The maximum absolute atomic E-state index is 11.8. The third-order valence-corrected chi connectivity index (χ3v) is 4.32. The zero-order chi connectivity index (χ0) is 13.0. The smallest absolute Gasteiger partial charge is 0.315 e. The zero-order valence-electron chi connectivity index (χ0n) is 11.7. The van der Waals surface area contributed by atoms with Gasteiger partial charge in [-0.05, 0) is 39.7 Å². The van der Waals surface area contributed by atoms with E-state index in [1.165, 1.54) is 32.1 Å². The first-order valence-corrected chi connectivity index (χ1v) is 7.43. The van der Waals surface area contributed by atoms with Crippen molar-refractivity contribution in [1.29, 1.82) is 0 Å². The molecule has 0 bridgehead atoms. The van der Waals surface area contributed by atoms with E-state index in [0.29, 0.717) is 12.1 Å². The number of carbonyl (C=O) groups is 1. The van der Waals surface area contributed by atoms with Crippen molar-refractivity contribution in [2.75, 3.05) is 13.6 Å². The van der Waals surface area contributed by atoms with E-state index in [0.717, 1.165) is 25.4 Å². The molecule has 0 aromatic heterocycles. The van der Waals surface area contributed by atoms with Crippen LogP contribution in [0.3, 0.4) is 0 Å². The van der Waals surface area contributed by atoms with E-state index in [2.05, 4.69) is 29.5 Å². The van der Waals surface area contributed by atoms with Gasteiger partial charge < -0.3 is 10.6 Å². The molecule has 2 N–H and O–H groups in total. The number of rotatable bonds is 5. The van der Waals surface area contributed by atoms with Crippen LogP contribution in [0.25, 0.3) is 0 Å². The summed E-state index contributed by atoms with van der Waals surface area (Å²) in [6, 6.07) is 1.59. The summed E-state index contributed by atoms with van der Waals surface area (Å²) in [6.07, 6.45) is 8.75.